The monoisotopic (exact) mass is 354 g/mol. The predicted octanol–water partition coefficient (Wildman–Crippen LogP) is 4.72. The molecule has 5 nitrogen and oxygen atoms in total. The Kier molecular flexibility index (Phi) is 5.80. The van der Waals surface area contributed by atoms with Crippen LogP contribution in [0.15, 0.2) is 36.4 Å². The molecule has 2 aromatic rings. The van der Waals surface area contributed by atoms with E-state index >= 15 is 0 Å². The van der Waals surface area contributed by atoms with Gasteiger partial charge in [0.1, 0.15) is 11.4 Å². The minimum atomic E-state index is -0.639. The van der Waals surface area contributed by atoms with Crippen molar-refractivity contribution in [3.8, 4) is 0 Å². The minimum absolute atomic E-state index is 0.228. The molecule has 26 heavy (non-hydrogen) atoms. The molecule has 0 atom stereocenters. The van der Waals surface area contributed by atoms with Crippen molar-refractivity contribution in [2.75, 3.05) is 5.32 Å². The molecule has 0 spiro atoms. The number of esters is 1. The Morgan fingerprint density at radius 3 is 2.35 bits per heavy atom. The van der Waals surface area contributed by atoms with Crippen LogP contribution in [-0.2, 0) is 4.74 Å². The second-order valence-corrected chi connectivity index (χ2v) is 7.58. The average molecular weight is 354 g/mol. The van der Waals surface area contributed by atoms with Crippen LogP contribution in [-0.4, -0.2) is 22.5 Å². The number of nitrogens with one attached hydrogen (secondary N) is 1. The summed E-state index contributed by atoms with van der Waals surface area (Å²) in [5.74, 6) is -0.229. The molecule has 0 aliphatic rings. The highest BCUT2D eigenvalue weighted by atomic mass is 16.6. The van der Waals surface area contributed by atoms with E-state index in [2.05, 4.69) is 10.3 Å². The molecule has 138 valence electrons. The van der Waals surface area contributed by atoms with Gasteiger partial charge < -0.3 is 10.1 Å². The Balaban J connectivity index is 2.41. The fraction of sp³-hybridized carbons (Fsp3) is 0.381. The smallest absolute Gasteiger partial charge is 0.339 e. The Bertz CT molecular complexity index is 820. The first-order valence-electron chi connectivity index (χ1n) is 8.69. The predicted molar refractivity (Wildman–Crippen MR) is 103 cm³/mol. The standard InChI is InChI=1S/C21H26N2O3/c1-13(2)15-10-11-16(20(25)26-21(4,5)6)17(12-15)19(24)23-18-9-7-8-14(3)22-18/h7-13H,1-6H3,(H,22,23,24). The van der Waals surface area contributed by atoms with E-state index in [-0.39, 0.29) is 23.0 Å². The van der Waals surface area contributed by atoms with Gasteiger partial charge in [0.15, 0.2) is 0 Å². The first-order chi connectivity index (χ1) is 12.1. The number of hydrogen-bond donors (Lipinski definition) is 1. The van der Waals surface area contributed by atoms with Crippen molar-refractivity contribution in [3.63, 3.8) is 0 Å². The zero-order valence-electron chi connectivity index (χ0n) is 16.2. The normalized spacial score (nSPS) is 11.3. The van der Waals surface area contributed by atoms with Crippen LogP contribution in [0.1, 0.15) is 72.5 Å². The van der Waals surface area contributed by atoms with Gasteiger partial charge in [-0.05, 0) is 63.4 Å². The largest absolute Gasteiger partial charge is 0.456 e. The number of anilines is 1. The lowest BCUT2D eigenvalue weighted by Crippen LogP contribution is -2.26. The van der Waals surface area contributed by atoms with E-state index in [1.54, 1.807) is 39.0 Å². The van der Waals surface area contributed by atoms with Crippen LogP contribution in [0.5, 0.6) is 0 Å². The highest BCUT2D eigenvalue weighted by molar-refractivity contribution is 6.11. The summed E-state index contributed by atoms with van der Waals surface area (Å²) in [5.41, 5.74) is 1.66. The van der Waals surface area contributed by atoms with Crippen LogP contribution in [0.3, 0.4) is 0 Å². The first kappa shape index (κ1) is 19.6. The van der Waals surface area contributed by atoms with Gasteiger partial charge in [-0.15, -0.1) is 0 Å². The summed E-state index contributed by atoms with van der Waals surface area (Å²) >= 11 is 0. The van der Waals surface area contributed by atoms with E-state index in [4.69, 9.17) is 4.74 Å². The van der Waals surface area contributed by atoms with Gasteiger partial charge in [-0.2, -0.15) is 0 Å². The van der Waals surface area contributed by atoms with Crippen molar-refractivity contribution in [1.29, 1.82) is 0 Å². The molecule has 1 aromatic heterocycles. The Hall–Kier alpha value is -2.69. The molecule has 1 N–H and O–H groups in total. The van der Waals surface area contributed by atoms with Gasteiger partial charge in [0.05, 0.1) is 11.1 Å². The zero-order valence-corrected chi connectivity index (χ0v) is 16.2. The number of nitrogens with zero attached hydrogens (tertiary/aromatic N) is 1. The molecule has 2 rings (SSSR count). The van der Waals surface area contributed by atoms with E-state index in [9.17, 15) is 9.59 Å². The summed E-state index contributed by atoms with van der Waals surface area (Å²) in [6.07, 6.45) is 0. The highest BCUT2D eigenvalue weighted by Gasteiger charge is 2.24. The maximum atomic E-state index is 12.8. The number of pyridine rings is 1. The zero-order chi connectivity index (χ0) is 19.5. The lowest BCUT2D eigenvalue weighted by molar-refractivity contribution is 0.00678. The molecule has 5 heteroatoms. The van der Waals surface area contributed by atoms with Gasteiger partial charge in [-0.25, -0.2) is 9.78 Å². The molecule has 0 radical (unpaired) electrons. The van der Waals surface area contributed by atoms with Crippen LogP contribution in [0.4, 0.5) is 5.82 Å². The first-order valence-corrected chi connectivity index (χ1v) is 8.69. The quantitative estimate of drug-likeness (QED) is 0.807. The van der Waals surface area contributed by atoms with Gasteiger partial charge in [0.25, 0.3) is 5.91 Å². The van der Waals surface area contributed by atoms with E-state index in [1.807, 2.05) is 39.0 Å². The average Bonchev–Trinajstić information content (AvgIpc) is 2.52. The lowest BCUT2D eigenvalue weighted by Gasteiger charge is -2.21. The Labute approximate surface area is 154 Å². The number of rotatable bonds is 4. The summed E-state index contributed by atoms with van der Waals surface area (Å²) in [4.78, 5) is 29.7. The lowest BCUT2D eigenvalue weighted by atomic mass is 9.96. The van der Waals surface area contributed by atoms with Crippen LogP contribution in [0.25, 0.3) is 0 Å². The summed E-state index contributed by atoms with van der Waals surface area (Å²) < 4.78 is 5.45. The van der Waals surface area contributed by atoms with Crippen molar-refractivity contribution in [2.45, 2.75) is 53.1 Å². The Morgan fingerprint density at radius 2 is 1.77 bits per heavy atom. The topological polar surface area (TPSA) is 68.3 Å². The van der Waals surface area contributed by atoms with Crippen LogP contribution < -0.4 is 5.32 Å². The fourth-order valence-electron chi connectivity index (χ4n) is 2.42. The fourth-order valence-corrected chi connectivity index (χ4v) is 2.42. The molecular formula is C21H26N2O3. The maximum Gasteiger partial charge on any atom is 0.339 e. The van der Waals surface area contributed by atoms with Gasteiger partial charge in [0, 0.05) is 5.69 Å². The van der Waals surface area contributed by atoms with Gasteiger partial charge in [-0.3, -0.25) is 4.79 Å². The molecule has 1 amide bonds. The number of carbonyl (C=O) groups excluding carboxylic acids is 2. The number of amides is 1. The van der Waals surface area contributed by atoms with Crippen molar-refractivity contribution in [2.24, 2.45) is 0 Å². The van der Waals surface area contributed by atoms with Crippen molar-refractivity contribution in [3.05, 3.63) is 58.8 Å². The molecule has 1 aromatic carbocycles. The van der Waals surface area contributed by atoms with E-state index in [0.29, 0.717) is 5.82 Å². The molecule has 0 saturated carbocycles. The molecule has 0 bridgehead atoms. The van der Waals surface area contributed by atoms with Crippen molar-refractivity contribution >= 4 is 17.7 Å². The number of carbonyl (C=O) groups is 2. The van der Waals surface area contributed by atoms with Crippen molar-refractivity contribution < 1.29 is 14.3 Å². The summed E-state index contributed by atoms with van der Waals surface area (Å²) in [6, 6.07) is 10.6. The molecule has 0 aliphatic carbocycles. The second kappa shape index (κ2) is 7.68. The molecule has 1 heterocycles. The number of hydrogen-bond acceptors (Lipinski definition) is 4. The molecule has 0 saturated heterocycles. The SMILES string of the molecule is Cc1cccc(NC(=O)c2cc(C(C)C)ccc2C(=O)OC(C)(C)C)n1. The van der Waals surface area contributed by atoms with E-state index < -0.39 is 11.6 Å². The highest BCUT2D eigenvalue weighted by Crippen LogP contribution is 2.22. The number of aryl methyl sites for hydroxylation is 1. The summed E-state index contributed by atoms with van der Waals surface area (Å²) in [7, 11) is 0. The molecule has 0 fully saturated rings. The molecular weight excluding hydrogens is 328 g/mol. The van der Waals surface area contributed by atoms with E-state index in [0.717, 1.165) is 11.3 Å². The summed E-state index contributed by atoms with van der Waals surface area (Å²) in [5, 5.41) is 2.77. The van der Waals surface area contributed by atoms with Crippen molar-refractivity contribution in [1.82, 2.24) is 4.98 Å². The maximum absolute atomic E-state index is 12.8. The Morgan fingerprint density at radius 1 is 1.08 bits per heavy atom. The van der Waals surface area contributed by atoms with E-state index in [1.165, 1.54) is 0 Å². The van der Waals surface area contributed by atoms with Crippen LogP contribution in [0.2, 0.25) is 0 Å². The van der Waals surface area contributed by atoms with Crippen LogP contribution in [0, 0.1) is 6.92 Å². The van der Waals surface area contributed by atoms with Gasteiger partial charge in [0.2, 0.25) is 0 Å². The van der Waals surface area contributed by atoms with Gasteiger partial charge >= 0.3 is 5.97 Å². The van der Waals surface area contributed by atoms with Crippen LogP contribution >= 0.6 is 0 Å². The summed E-state index contributed by atoms with van der Waals surface area (Å²) in [6.45, 7) is 11.3. The second-order valence-electron chi connectivity index (χ2n) is 7.58. The third kappa shape index (κ3) is 5.15. The molecule has 0 unspecified atom stereocenters. The third-order valence-electron chi connectivity index (χ3n) is 3.70. The van der Waals surface area contributed by atoms with Gasteiger partial charge in [-0.1, -0.05) is 26.0 Å². The number of aromatic nitrogens is 1. The number of benzene rings is 1. The third-order valence-corrected chi connectivity index (χ3v) is 3.70. The molecule has 0 aliphatic heterocycles. The number of ether oxygens (including phenoxy) is 1. The minimum Gasteiger partial charge on any atom is -0.456 e.